The van der Waals surface area contributed by atoms with E-state index in [2.05, 4.69) is 17.0 Å². The van der Waals surface area contributed by atoms with E-state index in [4.69, 9.17) is 0 Å². The van der Waals surface area contributed by atoms with Crippen LogP contribution < -0.4 is 10.0 Å². The molecule has 0 amide bonds. The van der Waals surface area contributed by atoms with Crippen molar-refractivity contribution in [2.75, 3.05) is 11.9 Å². The minimum absolute atomic E-state index is 0.0930. The Kier molecular flexibility index (Phi) is 6.06. The summed E-state index contributed by atoms with van der Waals surface area (Å²) in [6, 6.07) is 7.11. The molecule has 5 heteroatoms. The van der Waals surface area contributed by atoms with Crippen LogP contribution in [0.4, 0.5) is 5.69 Å². The summed E-state index contributed by atoms with van der Waals surface area (Å²) in [5.41, 5.74) is 0.963. The van der Waals surface area contributed by atoms with Gasteiger partial charge in [0.1, 0.15) is 0 Å². The van der Waals surface area contributed by atoms with Crippen LogP contribution in [0.1, 0.15) is 51.9 Å². The molecule has 2 rings (SSSR count). The highest BCUT2D eigenvalue weighted by Crippen LogP contribution is 2.20. The number of nitrogens with one attached hydrogen (secondary N) is 2. The van der Waals surface area contributed by atoms with Crippen molar-refractivity contribution in [2.24, 2.45) is 0 Å². The Bertz CT molecular complexity index is 518. The smallest absolute Gasteiger partial charge is 0.240 e. The van der Waals surface area contributed by atoms with Gasteiger partial charge in [0.2, 0.25) is 10.0 Å². The molecule has 4 nitrogen and oxygen atoms in total. The lowest BCUT2D eigenvalue weighted by Gasteiger charge is -2.16. The molecule has 21 heavy (non-hydrogen) atoms. The highest BCUT2D eigenvalue weighted by atomic mass is 32.2. The lowest BCUT2D eigenvalue weighted by Crippen LogP contribution is -2.34. The van der Waals surface area contributed by atoms with Crippen LogP contribution >= 0.6 is 0 Å². The third-order valence-electron chi connectivity index (χ3n) is 3.92. The highest BCUT2D eigenvalue weighted by Gasteiger charge is 2.20. The van der Waals surface area contributed by atoms with Crippen molar-refractivity contribution in [2.45, 2.75) is 62.8 Å². The van der Waals surface area contributed by atoms with Crippen LogP contribution in [0.2, 0.25) is 0 Å². The molecule has 1 aromatic rings. The van der Waals surface area contributed by atoms with Crippen LogP contribution in [0, 0.1) is 0 Å². The topological polar surface area (TPSA) is 58.2 Å². The van der Waals surface area contributed by atoms with Gasteiger partial charge in [-0.05, 0) is 43.5 Å². The SMILES string of the molecule is CCCNc1ccc(S(=O)(=O)NC2CCCCCC2)cc1. The molecule has 1 aliphatic carbocycles. The summed E-state index contributed by atoms with van der Waals surface area (Å²) in [5.74, 6) is 0. The molecule has 0 unspecified atom stereocenters. The van der Waals surface area contributed by atoms with Gasteiger partial charge in [-0.15, -0.1) is 0 Å². The van der Waals surface area contributed by atoms with Gasteiger partial charge < -0.3 is 5.32 Å². The summed E-state index contributed by atoms with van der Waals surface area (Å²) in [5, 5.41) is 3.25. The Morgan fingerprint density at radius 1 is 1.05 bits per heavy atom. The third-order valence-corrected chi connectivity index (χ3v) is 5.46. The van der Waals surface area contributed by atoms with E-state index in [0.29, 0.717) is 4.90 Å². The Labute approximate surface area is 128 Å². The summed E-state index contributed by atoms with van der Waals surface area (Å²) in [7, 11) is -3.39. The molecule has 118 valence electrons. The maximum atomic E-state index is 12.4. The molecule has 0 saturated heterocycles. The van der Waals surface area contributed by atoms with Crippen molar-refractivity contribution in [3.05, 3.63) is 24.3 Å². The largest absolute Gasteiger partial charge is 0.385 e. The molecule has 0 aromatic heterocycles. The maximum Gasteiger partial charge on any atom is 0.240 e. The molecule has 1 saturated carbocycles. The number of benzene rings is 1. The monoisotopic (exact) mass is 310 g/mol. The Morgan fingerprint density at radius 2 is 1.67 bits per heavy atom. The molecule has 0 aliphatic heterocycles. The molecular weight excluding hydrogens is 284 g/mol. The molecule has 0 spiro atoms. The van der Waals surface area contributed by atoms with Gasteiger partial charge in [0.05, 0.1) is 4.90 Å². The highest BCUT2D eigenvalue weighted by molar-refractivity contribution is 7.89. The summed E-state index contributed by atoms with van der Waals surface area (Å²) < 4.78 is 27.7. The van der Waals surface area contributed by atoms with E-state index in [1.54, 1.807) is 12.1 Å². The minimum Gasteiger partial charge on any atom is -0.385 e. The van der Waals surface area contributed by atoms with Gasteiger partial charge in [0.15, 0.2) is 0 Å². The lowest BCUT2D eigenvalue weighted by atomic mass is 10.1. The first kappa shape index (κ1) is 16.3. The zero-order valence-corrected chi connectivity index (χ0v) is 13.6. The van der Waals surface area contributed by atoms with Gasteiger partial charge in [-0.1, -0.05) is 32.6 Å². The van der Waals surface area contributed by atoms with Crippen molar-refractivity contribution in [3.8, 4) is 0 Å². The van der Waals surface area contributed by atoms with Crippen LogP contribution in [0.5, 0.6) is 0 Å². The molecular formula is C16H26N2O2S. The average Bonchev–Trinajstić information content (AvgIpc) is 2.73. The van der Waals surface area contributed by atoms with Crippen molar-refractivity contribution < 1.29 is 8.42 Å². The van der Waals surface area contributed by atoms with Crippen molar-refractivity contribution >= 4 is 15.7 Å². The van der Waals surface area contributed by atoms with Crippen molar-refractivity contribution in [3.63, 3.8) is 0 Å². The summed E-state index contributed by atoms with van der Waals surface area (Å²) in [6.45, 7) is 2.99. The van der Waals surface area contributed by atoms with Crippen LogP contribution in [-0.4, -0.2) is 21.0 Å². The maximum absolute atomic E-state index is 12.4. The van der Waals surface area contributed by atoms with Gasteiger partial charge in [0, 0.05) is 18.3 Å². The predicted octanol–water partition coefficient (Wildman–Crippen LogP) is 3.51. The van der Waals surface area contributed by atoms with E-state index in [-0.39, 0.29) is 6.04 Å². The molecule has 0 heterocycles. The molecule has 0 atom stereocenters. The standard InChI is InChI=1S/C16H26N2O2S/c1-2-13-17-14-9-11-16(12-10-14)21(19,20)18-15-7-5-3-4-6-8-15/h9-12,15,17-18H,2-8,13H2,1H3. The number of sulfonamides is 1. The van der Waals surface area contributed by atoms with E-state index >= 15 is 0 Å². The van der Waals surface area contributed by atoms with E-state index in [1.807, 2.05) is 12.1 Å². The second-order valence-electron chi connectivity index (χ2n) is 5.76. The number of rotatable bonds is 6. The summed E-state index contributed by atoms with van der Waals surface area (Å²) in [4.78, 5) is 0.355. The molecule has 1 aliphatic rings. The molecule has 1 aromatic carbocycles. The quantitative estimate of drug-likeness (QED) is 0.791. The normalized spacial score (nSPS) is 17.4. The van der Waals surface area contributed by atoms with Crippen LogP contribution in [0.15, 0.2) is 29.2 Å². The van der Waals surface area contributed by atoms with Gasteiger partial charge >= 0.3 is 0 Å². The number of anilines is 1. The molecule has 2 N–H and O–H groups in total. The first-order valence-electron chi connectivity index (χ1n) is 7.98. The van der Waals surface area contributed by atoms with E-state index in [1.165, 1.54) is 12.8 Å². The van der Waals surface area contributed by atoms with Crippen molar-refractivity contribution in [1.29, 1.82) is 0 Å². The Balaban J connectivity index is 2.01. The fourth-order valence-electron chi connectivity index (χ4n) is 2.71. The second kappa shape index (κ2) is 7.80. The van der Waals surface area contributed by atoms with Gasteiger partial charge in [-0.2, -0.15) is 0 Å². The van der Waals surface area contributed by atoms with E-state index in [0.717, 1.165) is 44.3 Å². The third kappa shape index (κ3) is 5.00. The van der Waals surface area contributed by atoms with Gasteiger partial charge in [-0.25, -0.2) is 13.1 Å². The van der Waals surface area contributed by atoms with Crippen LogP contribution in [0.25, 0.3) is 0 Å². The van der Waals surface area contributed by atoms with Gasteiger partial charge in [-0.3, -0.25) is 0 Å². The first-order valence-corrected chi connectivity index (χ1v) is 9.46. The van der Waals surface area contributed by atoms with Gasteiger partial charge in [0.25, 0.3) is 0 Å². The Hall–Kier alpha value is -1.07. The summed E-state index contributed by atoms with van der Waals surface area (Å²) >= 11 is 0. The summed E-state index contributed by atoms with van der Waals surface area (Å²) in [6.07, 6.45) is 7.63. The Morgan fingerprint density at radius 3 is 2.24 bits per heavy atom. The van der Waals surface area contributed by atoms with Crippen LogP contribution in [0.3, 0.4) is 0 Å². The van der Waals surface area contributed by atoms with Crippen LogP contribution in [-0.2, 0) is 10.0 Å². The molecule has 0 bridgehead atoms. The molecule has 1 fully saturated rings. The fraction of sp³-hybridized carbons (Fsp3) is 0.625. The zero-order valence-electron chi connectivity index (χ0n) is 12.8. The first-order chi connectivity index (χ1) is 10.1. The average molecular weight is 310 g/mol. The molecule has 0 radical (unpaired) electrons. The zero-order chi connectivity index (χ0) is 15.1. The minimum atomic E-state index is -3.39. The predicted molar refractivity (Wildman–Crippen MR) is 87.0 cm³/mol. The van der Waals surface area contributed by atoms with Crippen molar-refractivity contribution in [1.82, 2.24) is 4.72 Å². The fourth-order valence-corrected chi connectivity index (χ4v) is 4.01. The van der Waals surface area contributed by atoms with E-state index < -0.39 is 10.0 Å². The lowest BCUT2D eigenvalue weighted by molar-refractivity contribution is 0.510. The number of hydrogen-bond donors (Lipinski definition) is 2. The second-order valence-corrected chi connectivity index (χ2v) is 7.47. The van der Waals surface area contributed by atoms with E-state index in [9.17, 15) is 8.42 Å². The number of hydrogen-bond acceptors (Lipinski definition) is 3.